The van der Waals surface area contributed by atoms with Crippen LogP contribution in [0.2, 0.25) is 0 Å². The zero-order valence-corrected chi connectivity index (χ0v) is 26.0. The van der Waals surface area contributed by atoms with E-state index in [9.17, 15) is 14.4 Å². The molecule has 0 saturated carbocycles. The molecule has 0 radical (unpaired) electrons. The molecule has 0 saturated heterocycles. The summed E-state index contributed by atoms with van der Waals surface area (Å²) in [6.45, 7) is 4.96. The average molecular weight is 610 g/mol. The monoisotopic (exact) mass is 609 g/mol. The molecular formula is C38H40FNO5. The van der Waals surface area contributed by atoms with Crippen molar-refractivity contribution in [2.45, 2.75) is 58.5 Å². The van der Waals surface area contributed by atoms with Crippen LogP contribution >= 0.6 is 0 Å². The second-order valence-electron chi connectivity index (χ2n) is 10.6. The highest BCUT2D eigenvalue weighted by molar-refractivity contribution is 5.73. The van der Waals surface area contributed by atoms with E-state index in [1.807, 2.05) is 48.5 Å². The van der Waals surface area contributed by atoms with Gasteiger partial charge in [-0.15, -0.1) is 0 Å². The van der Waals surface area contributed by atoms with Gasteiger partial charge in [-0.2, -0.15) is 5.26 Å². The summed E-state index contributed by atoms with van der Waals surface area (Å²) in [5.74, 6) is 1.12. The minimum absolute atomic E-state index is 0.142. The Morgan fingerprint density at radius 3 is 2.29 bits per heavy atom. The first-order valence-corrected chi connectivity index (χ1v) is 15.5. The molecule has 0 spiro atoms. The second kappa shape index (κ2) is 17.5. The highest BCUT2D eigenvalue weighted by Gasteiger charge is 2.15. The van der Waals surface area contributed by atoms with Crippen LogP contribution in [0.25, 0.3) is 11.1 Å². The van der Waals surface area contributed by atoms with Gasteiger partial charge in [-0.25, -0.2) is 9.18 Å². The number of hydrogen-bond donors (Lipinski definition) is 0. The minimum atomic E-state index is -0.412. The fourth-order valence-corrected chi connectivity index (χ4v) is 4.98. The summed E-state index contributed by atoms with van der Waals surface area (Å²) >= 11 is 0. The summed E-state index contributed by atoms with van der Waals surface area (Å²) in [5.41, 5.74) is 4.82. The maximum Gasteiger partial charge on any atom is 0.344 e. The Balaban J connectivity index is 1.32. The van der Waals surface area contributed by atoms with Gasteiger partial charge in [-0.05, 0) is 78.8 Å². The van der Waals surface area contributed by atoms with E-state index >= 15 is 0 Å². The minimum Gasteiger partial charge on any atom is -0.493 e. The zero-order valence-electron chi connectivity index (χ0n) is 26.0. The molecule has 0 N–H and O–H groups in total. The molecule has 7 heteroatoms. The van der Waals surface area contributed by atoms with E-state index in [1.165, 1.54) is 12.1 Å². The average Bonchev–Trinajstić information content (AvgIpc) is 3.07. The molecule has 0 aliphatic carbocycles. The number of nitrogens with zero attached hydrogens (tertiary/aromatic N) is 1. The van der Waals surface area contributed by atoms with Crippen LogP contribution in [0.5, 0.6) is 17.2 Å². The molecule has 0 aliphatic heterocycles. The van der Waals surface area contributed by atoms with E-state index in [2.05, 4.69) is 19.1 Å². The number of unbranched alkanes of at least 4 members (excludes halogenated alkanes) is 2. The Morgan fingerprint density at radius 1 is 0.844 bits per heavy atom. The number of carbonyl (C=O) groups is 1. The van der Waals surface area contributed by atoms with Crippen molar-refractivity contribution in [2.24, 2.45) is 0 Å². The van der Waals surface area contributed by atoms with Gasteiger partial charge in [0.1, 0.15) is 29.7 Å². The van der Waals surface area contributed by atoms with Crippen molar-refractivity contribution < 1.29 is 28.1 Å². The Kier molecular flexibility index (Phi) is 12.8. The number of aryl methyl sites for hydroxylation is 1. The van der Waals surface area contributed by atoms with Gasteiger partial charge < -0.3 is 18.9 Å². The van der Waals surface area contributed by atoms with Crippen LogP contribution in [0.4, 0.5) is 4.39 Å². The maximum atomic E-state index is 13.7. The topological polar surface area (TPSA) is 77.8 Å². The van der Waals surface area contributed by atoms with Gasteiger partial charge in [0, 0.05) is 11.6 Å². The number of benzene rings is 4. The molecule has 234 valence electrons. The largest absolute Gasteiger partial charge is 0.493 e. The Labute approximate surface area is 265 Å². The van der Waals surface area contributed by atoms with Crippen molar-refractivity contribution in [3.63, 3.8) is 0 Å². The van der Waals surface area contributed by atoms with Crippen molar-refractivity contribution in [3.05, 3.63) is 114 Å². The number of nitriles is 1. The van der Waals surface area contributed by atoms with Gasteiger partial charge in [-0.3, -0.25) is 0 Å². The van der Waals surface area contributed by atoms with Gasteiger partial charge in [0.05, 0.1) is 25.2 Å². The van der Waals surface area contributed by atoms with Crippen LogP contribution in [-0.4, -0.2) is 25.8 Å². The molecule has 4 aromatic carbocycles. The van der Waals surface area contributed by atoms with Crippen LogP contribution in [0.3, 0.4) is 0 Å². The molecule has 45 heavy (non-hydrogen) atoms. The summed E-state index contributed by atoms with van der Waals surface area (Å²) in [7, 11) is 0. The lowest BCUT2D eigenvalue weighted by molar-refractivity contribution is -0.145. The van der Waals surface area contributed by atoms with Crippen LogP contribution in [-0.2, 0) is 22.6 Å². The van der Waals surface area contributed by atoms with E-state index in [-0.39, 0.29) is 18.3 Å². The Hall–Kier alpha value is -4.83. The van der Waals surface area contributed by atoms with E-state index in [0.29, 0.717) is 31.3 Å². The molecule has 0 fully saturated rings. The number of rotatable bonds is 17. The number of halogens is 1. The van der Waals surface area contributed by atoms with E-state index in [1.54, 1.807) is 31.2 Å². The number of carbonyl (C=O) groups excluding carboxylic acids is 1. The summed E-state index contributed by atoms with van der Waals surface area (Å²) in [5, 5.41) is 9.76. The summed E-state index contributed by atoms with van der Waals surface area (Å²) < 4.78 is 36.5. The summed E-state index contributed by atoms with van der Waals surface area (Å²) in [6, 6.07) is 30.2. The first kappa shape index (κ1) is 33.1. The molecule has 0 aromatic heterocycles. The van der Waals surface area contributed by atoms with Gasteiger partial charge >= 0.3 is 5.97 Å². The molecule has 0 heterocycles. The second-order valence-corrected chi connectivity index (χ2v) is 10.6. The van der Waals surface area contributed by atoms with Crippen molar-refractivity contribution in [1.82, 2.24) is 0 Å². The van der Waals surface area contributed by atoms with Crippen LogP contribution in [0.15, 0.2) is 91.0 Å². The molecule has 0 amide bonds. The quantitative estimate of drug-likeness (QED) is 0.0879. The highest BCUT2D eigenvalue weighted by atomic mass is 19.1. The van der Waals surface area contributed by atoms with Crippen molar-refractivity contribution >= 4 is 5.97 Å². The molecule has 4 rings (SSSR count). The fourth-order valence-electron chi connectivity index (χ4n) is 4.98. The lowest BCUT2D eigenvalue weighted by Crippen LogP contribution is -2.14. The van der Waals surface area contributed by atoms with Crippen molar-refractivity contribution in [3.8, 4) is 34.4 Å². The standard InChI is InChI=1S/C38H40FNO5/c1-3-29-23-35(31-14-18-33(39)19-15-31)37(45-26-28-11-7-5-8-12-28)24-36(29)43-22-10-6-9-13-32(25-40)30-16-20-34(21-17-30)44-27-38(41)42-4-2/h5,7-8,11-12,14-21,23-24,32H,3-4,6,9-10,13,22,26-27H2,1-2H3. The lowest BCUT2D eigenvalue weighted by Gasteiger charge is -2.18. The van der Waals surface area contributed by atoms with E-state index in [0.717, 1.165) is 65.7 Å². The number of ether oxygens (including phenoxy) is 4. The van der Waals surface area contributed by atoms with Gasteiger partial charge in [0.2, 0.25) is 0 Å². The first-order valence-electron chi connectivity index (χ1n) is 15.5. The maximum absolute atomic E-state index is 13.7. The van der Waals surface area contributed by atoms with Gasteiger partial charge in [0.25, 0.3) is 0 Å². The Bertz CT molecular complexity index is 1530. The first-order chi connectivity index (χ1) is 22.0. The van der Waals surface area contributed by atoms with Crippen molar-refractivity contribution in [2.75, 3.05) is 19.8 Å². The van der Waals surface area contributed by atoms with Crippen LogP contribution < -0.4 is 14.2 Å². The molecule has 0 aliphatic rings. The molecule has 4 aromatic rings. The normalized spacial score (nSPS) is 11.3. The lowest BCUT2D eigenvalue weighted by atomic mass is 9.94. The Morgan fingerprint density at radius 2 is 1.60 bits per heavy atom. The molecule has 1 unspecified atom stereocenters. The SMILES string of the molecule is CCOC(=O)COc1ccc(C(C#N)CCCCCOc2cc(OCc3ccccc3)c(-c3ccc(F)cc3)cc2CC)cc1. The zero-order chi connectivity index (χ0) is 31.9. The predicted molar refractivity (Wildman–Crippen MR) is 173 cm³/mol. The van der Waals surface area contributed by atoms with Crippen molar-refractivity contribution in [1.29, 1.82) is 5.26 Å². The highest BCUT2D eigenvalue weighted by Crippen LogP contribution is 2.37. The third-order valence-corrected chi connectivity index (χ3v) is 7.43. The molecule has 6 nitrogen and oxygen atoms in total. The fraction of sp³-hybridized carbons (Fsp3) is 0.316. The number of hydrogen-bond acceptors (Lipinski definition) is 6. The summed E-state index contributed by atoms with van der Waals surface area (Å²) in [6.07, 6.45) is 4.17. The van der Waals surface area contributed by atoms with Gasteiger partial charge in [-0.1, -0.05) is 74.4 Å². The van der Waals surface area contributed by atoms with E-state index < -0.39 is 5.97 Å². The predicted octanol–water partition coefficient (Wildman–Crippen LogP) is 8.82. The molecular weight excluding hydrogens is 569 g/mol. The molecule has 1 atom stereocenters. The smallest absolute Gasteiger partial charge is 0.344 e. The summed E-state index contributed by atoms with van der Waals surface area (Å²) in [4.78, 5) is 11.5. The van der Waals surface area contributed by atoms with Gasteiger partial charge in [0.15, 0.2) is 6.61 Å². The van der Waals surface area contributed by atoms with E-state index in [4.69, 9.17) is 18.9 Å². The molecule has 0 bridgehead atoms. The third kappa shape index (κ3) is 10.1. The van der Waals surface area contributed by atoms with Crippen LogP contribution in [0, 0.1) is 17.1 Å². The van der Waals surface area contributed by atoms with Crippen LogP contribution in [0.1, 0.15) is 62.1 Å². The third-order valence-electron chi connectivity index (χ3n) is 7.43. The number of esters is 1.